The van der Waals surface area contributed by atoms with E-state index < -0.39 is 0 Å². The Morgan fingerprint density at radius 2 is 2.00 bits per heavy atom. The highest BCUT2D eigenvalue weighted by molar-refractivity contribution is 6.37. The minimum absolute atomic E-state index is 0.00146. The molecule has 1 heterocycles. The molecular weight excluding hydrogens is 345 g/mol. The molecule has 3 nitrogen and oxygen atoms in total. The lowest BCUT2D eigenvalue weighted by atomic mass is 9.43. The number of aromatic hydroxyl groups is 1. The largest absolute Gasteiger partial charge is 0.505 e. The number of piperidine rings is 1. The van der Waals surface area contributed by atoms with Crippen molar-refractivity contribution in [2.75, 3.05) is 0 Å². The highest BCUT2D eigenvalue weighted by atomic mass is 35.5. The van der Waals surface area contributed by atoms with Crippen molar-refractivity contribution >= 4 is 29.1 Å². The molecule has 1 saturated heterocycles. The first-order chi connectivity index (χ1) is 11.4. The maximum absolute atomic E-state index is 13.0. The quantitative estimate of drug-likeness (QED) is 0.805. The van der Waals surface area contributed by atoms with E-state index in [1.54, 1.807) is 0 Å². The van der Waals surface area contributed by atoms with Crippen LogP contribution in [0.3, 0.4) is 0 Å². The zero-order valence-electron chi connectivity index (χ0n) is 13.7. The third-order valence-corrected chi connectivity index (χ3v) is 7.80. The molecule has 3 fully saturated rings. The Morgan fingerprint density at radius 1 is 1.29 bits per heavy atom. The van der Waals surface area contributed by atoms with Crippen LogP contribution >= 0.6 is 23.2 Å². The molecule has 1 N–H and O–H groups in total. The van der Waals surface area contributed by atoms with Crippen molar-refractivity contribution in [3.05, 3.63) is 27.2 Å². The third-order valence-electron chi connectivity index (χ3n) is 7.15. The molecule has 1 aromatic rings. The topological polar surface area (TPSA) is 40.5 Å². The van der Waals surface area contributed by atoms with E-state index >= 15 is 0 Å². The van der Waals surface area contributed by atoms with Crippen LogP contribution in [0.15, 0.2) is 6.07 Å². The fourth-order valence-electron chi connectivity index (χ4n) is 6.10. The van der Waals surface area contributed by atoms with Crippen LogP contribution in [-0.4, -0.2) is 28.0 Å². The lowest BCUT2D eigenvalue weighted by Crippen LogP contribution is -2.81. The molecule has 0 aromatic heterocycles. The van der Waals surface area contributed by atoms with Gasteiger partial charge in [0.15, 0.2) is 5.75 Å². The molecule has 1 aromatic carbocycles. The Morgan fingerprint density at radius 3 is 2.71 bits per heavy atom. The third kappa shape index (κ3) is 1.68. The van der Waals surface area contributed by atoms with Gasteiger partial charge in [-0.2, -0.15) is 0 Å². The number of benzene rings is 1. The van der Waals surface area contributed by atoms with Gasteiger partial charge in [-0.05, 0) is 42.9 Å². The van der Waals surface area contributed by atoms with Gasteiger partial charge in [0.1, 0.15) is 0 Å². The van der Waals surface area contributed by atoms with E-state index in [9.17, 15) is 9.90 Å². The van der Waals surface area contributed by atoms with Crippen molar-refractivity contribution in [3.63, 3.8) is 0 Å². The maximum Gasteiger partial charge on any atom is 0.226 e. The number of fused-ring (bicyclic) bond motifs is 2. The van der Waals surface area contributed by atoms with Crippen LogP contribution in [0.4, 0.5) is 0 Å². The van der Waals surface area contributed by atoms with E-state index in [1.807, 2.05) is 6.07 Å². The zero-order chi connectivity index (χ0) is 16.8. The molecule has 1 amide bonds. The predicted octanol–water partition coefficient (Wildman–Crippen LogP) is 4.30. The molecule has 0 bridgehead atoms. The molecule has 5 rings (SSSR count). The molecule has 2 saturated carbocycles. The fraction of sp³-hybridized carbons (Fsp3) is 0.632. The van der Waals surface area contributed by atoms with Crippen molar-refractivity contribution in [2.24, 2.45) is 11.8 Å². The summed E-state index contributed by atoms with van der Waals surface area (Å²) in [5, 5.41) is 10.9. The van der Waals surface area contributed by atoms with Crippen molar-refractivity contribution in [1.82, 2.24) is 4.90 Å². The zero-order valence-corrected chi connectivity index (χ0v) is 15.2. The van der Waals surface area contributed by atoms with Crippen LogP contribution < -0.4 is 0 Å². The van der Waals surface area contributed by atoms with E-state index in [2.05, 4.69) is 11.8 Å². The number of carbonyl (C=O) groups excluding carboxylic acids is 1. The van der Waals surface area contributed by atoms with Gasteiger partial charge in [0.2, 0.25) is 5.91 Å². The van der Waals surface area contributed by atoms with Crippen LogP contribution in [0.2, 0.25) is 10.0 Å². The number of halogens is 2. The maximum atomic E-state index is 13.0. The monoisotopic (exact) mass is 365 g/mol. The van der Waals surface area contributed by atoms with Crippen LogP contribution in [0.25, 0.3) is 0 Å². The summed E-state index contributed by atoms with van der Waals surface area (Å²) in [6.07, 6.45) is 6.24. The number of likely N-dealkylation sites (tertiary alicyclic amines) is 1. The second-order valence-electron chi connectivity index (χ2n) is 8.27. The summed E-state index contributed by atoms with van der Waals surface area (Å²) >= 11 is 12.6. The molecule has 1 unspecified atom stereocenters. The summed E-state index contributed by atoms with van der Waals surface area (Å²) in [6.45, 7) is 2.23. The van der Waals surface area contributed by atoms with E-state index in [0.29, 0.717) is 27.9 Å². The van der Waals surface area contributed by atoms with Gasteiger partial charge in [0.05, 0.1) is 10.0 Å². The number of carbonyl (C=O) groups is 1. The van der Waals surface area contributed by atoms with Crippen molar-refractivity contribution < 1.29 is 9.90 Å². The number of rotatable bonds is 1. The van der Waals surface area contributed by atoms with Crippen LogP contribution in [-0.2, 0) is 16.6 Å². The van der Waals surface area contributed by atoms with Crippen LogP contribution in [0.1, 0.15) is 50.2 Å². The Hall–Kier alpha value is -0.930. The van der Waals surface area contributed by atoms with Gasteiger partial charge >= 0.3 is 0 Å². The van der Waals surface area contributed by atoms with E-state index in [-0.39, 0.29) is 23.1 Å². The SMILES string of the molecule is C[C@@]12CC3[C@H]1[C@@H](Cc1cc(Cl)c(O)c(Cl)c12)N3C(=O)C1CCCC1. The second kappa shape index (κ2) is 4.82. The van der Waals surface area contributed by atoms with Gasteiger partial charge in [-0.3, -0.25) is 4.79 Å². The van der Waals surface area contributed by atoms with Crippen molar-refractivity contribution in [1.29, 1.82) is 0 Å². The fourth-order valence-corrected chi connectivity index (χ4v) is 6.81. The Kier molecular flexibility index (Phi) is 3.08. The molecular formula is C19H21Cl2NO2. The average Bonchev–Trinajstić information content (AvgIpc) is 3.03. The number of hydrogen-bond donors (Lipinski definition) is 1. The predicted molar refractivity (Wildman–Crippen MR) is 93.7 cm³/mol. The van der Waals surface area contributed by atoms with E-state index in [4.69, 9.17) is 23.2 Å². The van der Waals surface area contributed by atoms with Crippen LogP contribution in [0.5, 0.6) is 5.75 Å². The number of hydrogen-bond acceptors (Lipinski definition) is 2. The molecule has 1 aliphatic heterocycles. The minimum atomic E-state index is -0.0332. The minimum Gasteiger partial charge on any atom is -0.505 e. The molecule has 24 heavy (non-hydrogen) atoms. The Labute approximate surface area is 151 Å². The van der Waals surface area contributed by atoms with E-state index in [0.717, 1.165) is 36.8 Å². The van der Waals surface area contributed by atoms with Crippen molar-refractivity contribution in [3.8, 4) is 5.75 Å². The van der Waals surface area contributed by atoms with Gasteiger partial charge in [0, 0.05) is 29.3 Å². The number of phenols is 1. The first-order valence-electron chi connectivity index (χ1n) is 8.96. The molecule has 0 spiro atoms. The number of nitrogens with zero attached hydrogens (tertiary/aromatic N) is 1. The van der Waals surface area contributed by atoms with Gasteiger partial charge in [-0.15, -0.1) is 0 Å². The summed E-state index contributed by atoms with van der Waals surface area (Å²) in [7, 11) is 0. The average molecular weight is 366 g/mol. The van der Waals surface area contributed by atoms with Gasteiger partial charge in [0.25, 0.3) is 0 Å². The summed E-state index contributed by atoms with van der Waals surface area (Å²) < 4.78 is 0. The summed E-state index contributed by atoms with van der Waals surface area (Å²) in [4.78, 5) is 15.1. The number of phenolic OH excluding ortho intramolecular Hbond substituents is 1. The molecule has 4 aliphatic rings. The smallest absolute Gasteiger partial charge is 0.226 e. The Balaban J connectivity index is 1.52. The molecule has 0 radical (unpaired) electrons. The standard InChI is InChI=1S/C19H21Cl2NO2/c1-19-8-13-15(19)12(22(13)18(24)9-4-2-3-5-9)7-10-6-11(20)17(23)16(21)14(10)19/h6,9,12-13,15,23H,2-5,7-8H2,1H3/t12-,13?,15-,19+/m1/s1. The van der Waals surface area contributed by atoms with E-state index in [1.165, 1.54) is 12.8 Å². The Bertz CT molecular complexity index is 758. The molecule has 3 aliphatic carbocycles. The second-order valence-corrected chi connectivity index (χ2v) is 9.05. The summed E-state index contributed by atoms with van der Waals surface area (Å²) in [5.41, 5.74) is 2.14. The highest BCUT2D eigenvalue weighted by Crippen LogP contribution is 2.66. The first kappa shape index (κ1) is 15.3. The molecule has 4 atom stereocenters. The van der Waals surface area contributed by atoms with Crippen LogP contribution in [0, 0.1) is 11.8 Å². The first-order valence-corrected chi connectivity index (χ1v) is 9.71. The van der Waals surface area contributed by atoms with Gasteiger partial charge in [-0.25, -0.2) is 0 Å². The highest BCUT2D eigenvalue weighted by Gasteiger charge is 2.69. The van der Waals surface area contributed by atoms with Gasteiger partial charge < -0.3 is 10.0 Å². The summed E-state index contributed by atoms with van der Waals surface area (Å²) in [5.74, 6) is 1.10. The number of amides is 1. The van der Waals surface area contributed by atoms with Crippen molar-refractivity contribution in [2.45, 2.75) is 62.9 Å². The lowest BCUT2D eigenvalue weighted by molar-refractivity contribution is -0.198. The lowest BCUT2D eigenvalue weighted by Gasteiger charge is -2.73. The summed E-state index contributed by atoms with van der Waals surface area (Å²) in [6, 6.07) is 2.50. The molecule has 5 heteroatoms. The normalized spacial score (nSPS) is 36.6. The molecule has 128 valence electrons. The van der Waals surface area contributed by atoms with Gasteiger partial charge in [-0.1, -0.05) is 43.0 Å².